The number of rotatable bonds is 11. The Balaban J connectivity index is 1.56. The van der Waals surface area contributed by atoms with Crippen LogP contribution in [0.4, 0.5) is 13.2 Å². The third-order valence-electron chi connectivity index (χ3n) is 7.40. The Bertz CT molecular complexity index is 1250. The van der Waals surface area contributed by atoms with E-state index >= 15 is 0 Å². The second kappa shape index (κ2) is 13.7. The van der Waals surface area contributed by atoms with Gasteiger partial charge in [0.1, 0.15) is 6.54 Å². The van der Waals surface area contributed by atoms with E-state index in [0.717, 1.165) is 55.5 Å². The van der Waals surface area contributed by atoms with Crippen molar-refractivity contribution in [1.82, 2.24) is 14.4 Å². The maximum atomic E-state index is 13.9. The first-order chi connectivity index (χ1) is 19.3. The fourth-order valence-electron chi connectivity index (χ4n) is 5.23. The van der Waals surface area contributed by atoms with Crippen molar-refractivity contribution in [2.75, 3.05) is 26.8 Å². The first-order valence-electron chi connectivity index (χ1n) is 13.7. The minimum atomic E-state index is -4.57. The molecule has 1 saturated carbocycles. The summed E-state index contributed by atoms with van der Waals surface area (Å²) in [5.41, 5.74) is 1.11. The Kier molecular flexibility index (Phi) is 10.0. The van der Waals surface area contributed by atoms with Gasteiger partial charge in [0.25, 0.3) is 5.91 Å². The Morgan fingerprint density at radius 1 is 0.975 bits per heavy atom. The molecular formula is C31H36F3N3O3. The standard InChI is InChI=1S/C31H36F3N3O3/c1-40-19-18-36(30(39)25-12-8-13-26(20-25)31(32,33)34)23-29(38)37(27-14-6-3-7-15-27)22-28-16-9-17-35(28)21-24-10-4-2-5-11-24/h2,4-5,8-13,16-17,20,27H,3,6-7,14-15,18-19,21-23H2,1H3. The predicted octanol–water partition coefficient (Wildman–Crippen LogP) is 6.01. The summed E-state index contributed by atoms with van der Waals surface area (Å²) >= 11 is 0. The summed E-state index contributed by atoms with van der Waals surface area (Å²) < 4.78 is 47.2. The summed E-state index contributed by atoms with van der Waals surface area (Å²) in [6.45, 7) is 1.05. The van der Waals surface area contributed by atoms with Crippen LogP contribution in [-0.2, 0) is 28.8 Å². The normalized spacial score (nSPS) is 14.2. The molecule has 0 N–H and O–H groups in total. The first-order valence-corrected chi connectivity index (χ1v) is 13.7. The Morgan fingerprint density at radius 2 is 1.73 bits per heavy atom. The van der Waals surface area contributed by atoms with Crippen LogP contribution in [0.1, 0.15) is 59.3 Å². The molecule has 40 heavy (non-hydrogen) atoms. The lowest BCUT2D eigenvalue weighted by Crippen LogP contribution is -2.48. The van der Waals surface area contributed by atoms with Crippen LogP contribution in [0.2, 0.25) is 0 Å². The fraction of sp³-hybridized carbons (Fsp3) is 0.419. The van der Waals surface area contributed by atoms with Crippen LogP contribution >= 0.6 is 0 Å². The van der Waals surface area contributed by atoms with Gasteiger partial charge in [0.2, 0.25) is 5.91 Å². The fourth-order valence-corrected chi connectivity index (χ4v) is 5.23. The molecule has 0 atom stereocenters. The van der Waals surface area contributed by atoms with Crippen molar-refractivity contribution in [2.24, 2.45) is 0 Å². The van der Waals surface area contributed by atoms with Crippen molar-refractivity contribution in [3.63, 3.8) is 0 Å². The molecule has 4 rings (SSSR count). The Labute approximate surface area is 233 Å². The van der Waals surface area contributed by atoms with Gasteiger partial charge >= 0.3 is 6.18 Å². The van der Waals surface area contributed by atoms with E-state index in [1.54, 1.807) is 0 Å². The average molecular weight is 556 g/mol. The van der Waals surface area contributed by atoms with Crippen molar-refractivity contribution < 1.29 is 27.5 Å². The number of methoxy groups -OCH3 is 1. The van der Waals surface area contributed by atoms with Crippen molar-refractivity contribution in [3.8, 4) is 0 Å². The number of ether oxygens (including phenoxy) is 1. The van der Waals surface area contributed by atoms with Crippen LogP contribution < -0.4 is 0 Å². The molecule has 0 radical (unpaired) electrons. The highest BCUT2D eigenvalue weighted by atomic mass is 19.4. The number of aromatic nitrogens is 1. The molecule has 2 amide bonds. The van der Waals surface area contributed by atoms with E-state index < -0.39 is 17.6 Å². The van der Waals surface area contributed by atoms with E-state index in [1.807, 2.05) is 41.4 Å². The average Bonchev–Trinajstić information content (AvgIpc) is 3.40. The lowest BCUT2D eigenvalue weighted by Gasteiger charge is -2.36. The summed E-state index contributed by atoms with van der Waals surface area (Å²) in [6, 6.07) is 18.4. The zero-order valence-corrected chi connectivity index (χ0v) is 22.8. The first kappa shape index (κ1) is 29.4. The molecule has 0 spiro atoms. The van der Waals surface area contributed by atoms with E-state index in [1.165, 1.54) is 24.1 Å². The number of alkyl halides is 3. The number of benzene rings is 2. The molecule has 6 nitrogen and oxygen atoms in total. The van der Waals surface area contributed by atoms with Gasteiger partial charge in [0.15, 0.2) is 0 Å². The highest BCUT2D eigenvalue weighted by Gasteiger charge is 2.32. The van der Waals surface area contributed by atoms with Gasteiger partial charge < -0.3 is 19.1 Å². The van der Waals surface area contributed by atoms with Crippen molar-refractivity contribution in [2.45, 2.75) is 57.4 Å². The molecule has 3 aromatic rings. The Hall–Kier alpha value is -3.59. The van der Waals surface area contributed by atoms with E-state index in [0.29, 0.717) is 13.1 Å². The quantitative estimate of drug-likeness (QED) is 0.291. The highest BCUT2D eigenvalue weighted by Crippen LogP contribution is 2.30. The van der Waals surface area contributed by atoms with Crippen LogP contribution in [0.5, 0.6) is 0 Å². The molecule has 9 heteroatoms. The van der Waals surface area contributed by atoms with Crippen LogP contribution in [0.15, 0.2) is 72.9 Å². The molecule has 0 unspecified atom stereocenters. The van der Waals surface area contributed by atoms with Crippen molar-refractivity contribution in [1.29, 1.82) is 0 Å². The van der Waals surface area contributed by atoms with Crippen LogP contribution in [0, 0.1) is 0 Å². The largest absolute Gasteiger partial charge is 0.416 e. The van der Waals surface area contributed by atoms with Gasteiger partial charge in [-0.3, -0.25) is 9.59 Å². The Morgan fingerprint density at radius 3 is 2.42 bits per heavy atom. The number of amides is 2. The van der Waals surface area contributed by atoms with Gasteiger partial charge in [-0.15, -0.1) is 0 Å². The molecule has 1 aliphatic carbocycles. The maximum absolute atomic E-state index is 13.9. The highest BCUT2D eigenvalue weighted by molar-refractivity contribution is 5.96. The molecule has 1 heterocycles. The maximum Gasteiger partial charge on any atom is 0.416 e. The zero-order valence-electron chi connectivity index (χ0n) is 22.8. The van der Waals surface area contributed by atoms with Crippen LogP contribution in [0.3, 0.4) is 0 Å². The number of halogens is 3. The smallest absolute Gasteiger partial charge is 0.383 e. The molecule has 2 aromatic carbocycles. The van der Waals surface area contributed by atoms with Crippen molar-refractivity contribution in [3.05, 3.63) is 95.3 Å². The minimum absolute atomic E-state index is 0.0364. The molecule has 1 aliphatic rings. The minimum Gasteiger partial charge on any atom is -0.383 e. The van der Waals surface area contributed by atoms with Gasteiger partial charge in [-0.2, -0.15) is 13.2 Å². The monoisotopic (exact) mass is 555 g/mol. The zero-order chi connectivity index (χ0) is 28.5. The number of hydrogen-bond donors (Lipinski definition) is 0. The van der Waals surface area contributed by atoms with Gasteiger partial charge in [-0.05, 0) is 48.7 Å². The lowest BCUT2D eigenvalue weighted by molar-refractivity contribution is -0.138. The summed E-state index contributed by atoms with van der Waals surface area (Å²) in [7, 11) is 1.48. The molecule has 1 fully saturated rings. The second-order valence-electron chi connectivity index (χ2n) is 10.2. The molecule has 214 valence electrons. The summed E-state index contributed by atoms with van der Waals surface area (Å²) in [6.07, 6.45) is 2.35. The van der Waals surface area contributed by atoms with Gasteiger partial charge in [-0.25, -0.2) is 0 Å². The van der Waals surface area contributed by atoms with E-state index in [9.17, 15) is 22.8 Å². The van der Waals surface area contributed by atoms with Crippen LogP contribution in [-0.4, -0.2) is 59.0 Å². The number of carbonyl (C=O) groups is 2. The van der Waals surface area contributed by atoms with E-state index in [2.05, 4.69) is 16.7 Å². The van der Waals surface area contributed by atoms with Gasteiger partial charge in [0, 0.05) is 43.7 Å². The third kappa shape index (κ3) is 7.75. The van der Waals surface area contributed by atoms with E-state index in [-0.39, 0.29) is 37.2 Å². The second-order valence-corrected chi connectivity index (χ2v) is 10.2. The SMILES string of the molecule is COCCN(CC(=O)N(Cc1cccn1Cc1ccccc1)C1CCCCC1)C(=O)c1cccc(C(F)(F)F)c1. The van der Waals surface area contributed by atoms with Crippen LogP contribution in [0.25, 0.3) is 0 Å². The molecule has 0 saturated heterocycles. The number of nitrogens with zero attached hydrogens (tertiary/aromatic N) is 3. The number of hydrogen-bond acceptors (Lipinski definition) is 3. The predicted molar refractivity (Wildman–Crippen MR) is 147 cm³/mol. The van der Waals surface area contributed by atoms with E-state index in [4.69, 9.17) is 4.74 Å². The molecular weight excluding hydrogens is 519 g/mol. The lowest BCUT2D eigenvalue weighted by atomic mass is 9.94. The third-order valence-corrected chi connectivity index (χ3v) is 7.40. The van der Waals surface area contributed by atoms with Gasteiger partial charge in [-0.1, -0.05) is 55.7 Å². The van der Waals surface area contributed by atoms with Crippen molar-refractivity contribution >= 4 is 11.8 Å². The summed E-state index contributed by atoms with van der Waals surface area (Å²) in [5, 5.41) is 0. The summed E-state index contributed by atoms with van der Waals surface area (Å²) in [4.78, 5) is 30.4. The molecule has 0 bridgehead atoms. The topological polar surface area (TPSA) is 54.8 Å². The van der Waals surface area contributed by atoms with Gasteiger partial charge in [0.05, 0.1) is 18.7 Å². The molecule has 0 aliphatic heterocycles. The summed E-state index contributed by atoms with van der Waals surface area (Å²) in [5.74, 6) is -0.858. The number of carbonyl (C=O) groups excluding carboxylic acids is 2. The molecule has 1 aromatic heterocycles.